The number of carbonyl (C=O) groups is 4. The van der Waals surface area contributed by atoms with Gasteiger partial charge in [-0.2, -0.15) is 11.8 Å². The number of rotatable bonds is 8. The molecule has 0 aliphatic carbocycles. The van der Waals surface area contributed by atoms with Gasteiger partial charge < -0.3 is 10.1 Å². The molecule has 1 atom stereocenters. The number of hydrogen-bond acceptors (Lipinski definition) is 7. The number of fused-ring (bicyclic) bond motifs is 1. The van der Waals surface area contributed by atoms with Crippen molar-refractivity contribution >= 4 is 51.8 Å². The first kappa shape index (κ1) is 23.0. The highest BCUT2D eigenvalue weighted by Gasteiger charge is 2.42. The van der Waals surface area contributed by atoms with Crippen molar-refractivity contribution in [3.05, 3.63) is 51.4 Å². The highest BCUT2D eigenvalue weighted by Crippen LogP contribution is 2.34. The number of amides is 3. The fraction of sp³-hybridized carbons (Fsp3) is 0.364. The van der Waals surface area contributed by atoms with E-state index in [2.05, 4.69) is 5.32 Å². The molecule has 2 aromatic rings. The van der Waals surface area contributed by atoms with Gasteiger partial charge in [-0.15, -0.1) is 11.3 Å². The van der Waals surface area contributed by atoms with Gasteiger partial charge in [-0.25, -0.2) is 4.79 Å². The monoisotopic (exact) mass is 460 g/mol. The van der Waals surface area contributed by atoms with Crippen LogP contribution in [0.5, 0.6) is 0 Å². The second-order valence-corrected chi connectivity index (χ2v) is 9.23. The van der Waals surface area contributed by atoms with Crippen molar-refractivity contribution in [3.8, 4) is 0 Å². The molecule has 1 N–H and O–H groups in total. The van der Waals surface area contributed by atoms with Gasteiger partial charge in [0, 0.05) is 4.88 Å². The van der Waals surface area contributed by atoms with Crippen LogP contribution in [0.4, 0.5) is 5.00 Å². The zero-order chi connectivity index (χ0) is 22.7. The molecule has 0 saturated heterocycles. The highest BCUT2D eigenvalue weighted by atomic mass is 32.2. The first-order valence-corrected chi connectivity index (χ1v) is 12.1. The lowest BCUT2D eigenvalue weighted by atomic mass is 10.1. The summed E-state index contributed by atoms with van der Waals surface area (Å²) in [5.74, 6) is -1.40. The summed E-state index contributed by atoms with van der Waals surface area (Å²) in [5, 5.41) is 3.15. The fourth-order valence-electron chi connectivity index (χ4n) is 3.46. The van der Waals surface area contributed by atoms with Crippen LogP contribution < -0.4 is 5.32 Å². The van der Waals surface area contributed by atoms with Crippen LogP contribution in [0.25, 0.3) is 0 Å². The van der Waals surface area contributed by atoms with Crippen LogP contribution in [0.15, 0.2) is 24.3 Å². The molecule has 9 heteroatoms. The highest BCUT2D eigenvalue weighted by molar-refractivity contribution is 7.98. The van der Waals surface area contributed by atoms with Crippen molar-refractivity contribution in [2.45, 2.75) is 33.2 Å². The summed E-state index contributed by atoms with van der Waals surface area (Å²) >= 11 is 2.79. The van der Waals surface area contributed by atoms with Gasteiger partial charge in [0.2, 0.25) is 5.91 Å². The third-order valence-corrected chi connectivity index (χ3v) is 6.90. The van der Waals surface area contributed by atoms with E-state index >= 15 is 0 Å². The standard InChI is InChI=1S/C22H24N2O5S2/c1-5-29-22(28)17-12(2)13(3)31-19(17)23-18(25)16(10-11-30-4)24-20(26)14-8-6-7-9-15(14)21(24)27/h6-9,16H,5,10-11H2,1-4H3,(H,23,25)/t16-/m1/s1. The van der Waals surface area contributed by atoms with E-state index in [0.29, 0.717) is 33.9 Å². The summed E-state index contributed by atoms with van der Waals surface area (Å²) in [6, 6.07) is 5.56. The van der Waals surface area contributed by atoms with Crippen LogP contribution in [0, 0.1) is 13.8 Å². The average Bonchev–Trinajstić information content (AvgIpc) is 3.16. The van der Waals surface area contributed by atoms with Crippen LogP contribution in [0.2, 0.25) is 0 Å². The van der Waals surface area contributed by atoms with Gasteiger partial charge in [0.05, 0.1) is 23.3 Å². The summed E-state index contributed by atoms with van der Waals surface area (Å²) in [5.41, 5.74) is 1.64. The number of anilines is 1. The second-order valence-electron chi connectivity index (χ2n) is 7.02. The summed E-state index contributed by atoms with van der Waals surface area (Å²) < 4.78 is 5.14. The number of nitrogens with zero attached hydrogens (tertiary/aromatic N) is 1. The Kier molecular flexibility index (Phi) is 7.17. The van der Waals surface area contributed by atoms with Gasteiger partial charge in [0.25, 0.3) is 11.8 Å². The molecule has 1 aliphatic rings. The van der Waals surface area contributed by atoms with Crippen molar-refractivity contribution in [3.63, 3.8) is 0 Å². The summed E-state index contributed by atoms with van der Waals surface area (Å²) in [6.45, 7) is 5.58. The number of ether oxygens (including phenoxy) is 1. The molecule has 3 amide bonds. The summed E-state index contributed by atoms with van der Waals surface area (Å²) in [6.07, 6.45) is 2.19. The maximum atomic E-state index is 13.3. The minimum absolute atomic E-state index is 0.214. The first-order chi connectivity index (χ1) is 14.8. The summed E-state index contributed by atoms with van der Waals surface area (Å²) in [4.78, 5) is 53.5. The second kappa shape index (κ2) is 9.65. The number of aryl methyl sites for hydroxylation is 1. The number of nitrogens with one attached hydrogen (secondary N) is 1. The molecule has 0 fully saturated rings. The smallest absolute Gasteiger partial charge is 0.341 e. The molecule has 1 aromatic carbocycles. The predicted octanol–water partition coefficient (Wildman–Crippen LogP) is 3.90. The van der Waals surface area contributed by atoms with Crippen LogP contribution in [-0.2, 0) is 9.53 Å². The predicted molar refractivity (Wildman–Crippen MR) is 122 cm³/mol. The van der Waals surface area contributed by atoms with Crippen molar-refractivity contribution in [2.75, 3.05) is 23.9 Å². The van der Waals surface area contributed by atoms with Crippen LogP contribution in [0.1, 0.15) is 54.9 Å². The molecule has 0 saturated carbocycles. The van der Waals surface area contributed by atoms with Crippen LogP contribution in [0.3, 0.4) is 0 Å². The topological polar surface area (TPSA) is 92.8 Å². The maximum Gasteiger partial charge on any atom is 0.341 e. The molecule has 7 nitrogen and oxygen atoms in total. The van der Waals surface area contributed by atoms with E-state index in [4.69, 9.17) is 4.74 Å². The molecule has 2 heterocycles. The van der Waals surface area contributed by atoms with Gasteiger partial charge in [0.1, 0.15) is 11.0 Å². The third kappa shape index (κ3) is 4.38. The van der Waals surface area contributed by atoms with E-state index in [1.54, 1.807) is 38.1 Å². The summed E-state index contributed by atoms with van der Waals surface area (Å²) in [7, 11) is 0. The zero-order valence-corrected chi connectivity index (χ0v) is 19.4. The molecular weight excluding hydrogens is 436 g/mol. The van der Waals surface area contributed by atoms with Crippen LogP contribution >= 0.6 is 23.1 Å². The number of thiophene rings is 1. The minimum atomic E-state index is -0.988. The van der Waals surface area contributed by atoms with Crippen LogP contribution in [-0.4, -0.2) is 53.2 Å². The third-order valence-electron chi connectivity index (χ3n) is 5.14. The SMILES string of the molecule is CCOC(=O)c1c(NC(=O)[C@@H](CCSC)N2C(=O)c3ccccc3C2=O)sc(C)c1C. The number of carbonyl (C=O) groups excluding carboxylic acids is 4. The van der Waals surface area contributed by atoms with Gasteiger partial charge in [-0.3, -0.25) is 19.3 Å². The molecule has 1 aliphatic heterocycles. The minimum Gasteiger partial charge on any atom is -0.462 e. The number of esters is 1. The fourth-order valence-corrected chi connectivity index (χ4v) is 4.97. The lowest BCUT2D eigenvalue weighted by molar-refractivity contribution is -0.120. The Morgan fingerprint density at radius 3 is 2.32 bits per heavy atom. The number of benzene rings is 1. The average molecular weight is 461 g/mol. The number of imide groups is 1. The molecule has 0 bridgehead atoms. The van der Waals surface area contributed by atoms with E-state index < -0.39 is 29.7 Å². The molecule has 3 rings (SSSR count). The van der Waals surface area contributed by atoms with Gasteiger partial charge >= 0.3 is 5.97 Å². The van der Waals surface area contributed by atoms with E-state index in [9.17, 15) is 19.2 Å². The van der Waals surface area contributed by atoms with Crippen molar-refractivity contribution < 1.29 is 23.9 Å². The number of hydrogen-bond donors (Lipinski definition) is 1. The van der Waals surface area contributed by atoms with Gasteiger partial charge in [-0.1, -0.05) is 12.1 Å². The Morgan fingerprint density at radius 2 is 1.77 bits per heavy atom. The Balaban J connectivity index is 1.93. The van der Waals surface area contributed by atoms with Crippen molar-refractivity contribution in [1.29, 1.82) is 0 Å². The lowest BCUT2D eigenvalue weighted by Crippen LogP contribution is -2.47. The zero-order valence-electron chi connectivity index (χ0n) is 17.8. The Morgan fingerprint density at radius 1 is 1.16 bits per heavy atom. The normalized spacial score (nSPS) is 13.9. The van der Waals surface area contributed by atoms with E-state index in [1.807, 2.05) is 13.2 Å². The van der Waals surface area contributed by atoms with Gasteiger partial charge in [0.15, 0.2) is 0 Å². The Labute approximate surface area is 189 Å². The Bertz CT molecular complexity index is 1010. The lowest BCUT2D eigenvalue weighted by Gasteiger charge is -2.25. The molecule has 164 valence electrons. The molecule has 31 heavy (non-hydrogen) atoms. The molecule has 0 spiro atoms. The number of thioether (sulfide) groups is 1. The molecule has 0 unspecified atom stereocenters. The van der Waals surface area contributed by atoms with Crippen molar-refractivity contribution in [1.82, 2.24) is 4.90 Å². The first-order valence-electron chi connectivity index (χ1n) is 9.85. The van der Waals surface area contributed by atoms with Crippen molar-refractivity contribution in [2.24, 2.45) is 0 Å². The quantitative estimate of drug-likeness (QED) is 0.474. The van der Waals surface area contributed by atoms with E-state index in [-0.39, 0.29) is 6.61 Å². The van der Waals surface area contributed by atoms with E-state index in [0.717, 1.165) is 15.3 Å². The molecule has 0 radical (unpaired) electrons. The Hall–Kier alpha value is -2.65. The largest absolute Gasteiger partial charge is 0.462 e. The molecule has 1 aromatic heterocycles. The van der Waals surface area contributed by atoms with E-state index in [1.165, 1.54) is 23.1 Å². The molecular formula is C22H24N2O5S2. The maximum absolute atomic E-state index is 13.3. The van der Waals surface area contributed by atoms with Gasteiger partial charge in [-0.05, 0) is 56.9 Å².